The van der Waals surface area contributed by atoms with Crippen LogP contribution in [-0.2, 0) is 29.5 Å². The Balaban J connectivity index is 1.23. The summed E-state index contributed by atoms with van der Waals surface area (Å²) < 4.78 is 34.7. The average molecular weight is 492 g/mol. The Hall–Kier alpha value is -3.76. The van der Waals surface area contributed by atoms with Gasteiger partial charge in [0.05, 0.1) is 17.7 Å². The van der Waals surface area contributed by atoms with Gasteiger partial charge in [0, 0.05) is 29.8 Å². The number of fused-ring (bicyclic) bond motifs is 1. The first kappa shape index (κ1) is 23.0. The van der Waals surface area contributed by atoms with Gasteiger partial charge < -0.3 is 14.3 Å². The topological polar surface area (TPSA) is 119 Å². The third-order valence-corrected chi connectivity index (χ3v) is 7.37. The molecule has 0 spiro atoms. The number of aryl methyl sites for hydroxylation is 1. The van der Waals surface area contributed by atoms with Crippen LogP contribution in [0.2, 0.25) is 0 Å². The van der Waals surface area contributed by atoms with Gasteiger partial charge in [0.2, 0.25) is 10.0 Å². The van der Waals surface area contributed by atoms with Gasteiger partial charge in [-0.3, -0.25) is 4.79 Å². The van der Waals surface area contributed by atoms with E-state index in [1.165, 1.54) is 36.9 Å². The van der Waals surface area contributed by atoms with Crippen LogP contribution in [0.15, 0.2) is 76.2 Å². The molecular formula is C25H25N5O4S. The number of carbonyl (C=O) groups excluding carboxylic acids is 1. The van der Waals surface area contributed by atoms with Crippen LogP contribution in [0.5, 0.6) is 0 Å². The zero-order valence-corrected chi connectivity index (χ0v) is 19.8. The molecule has 1 aliphatic rings. The maximum Gasteiger partial charge on any atom is 0.255 e. The van der Waals surface area contributed by atoms with Crippen LogP contribution in [0.4, 0.5) is 5.69 Å². The van der Waals surface area contributed by atoms with Crippen molar-refractivity contribution in [3.63, 3.8) is 0 Å². The van der Waals surface area contributed by atoms with Gasteiger partial charge in [-0.2, -0.15) is 0 Å². The number of carbonyl (C=O) groups is 1. The van der Waals surface area contributed by atoms with Crippen LogP contribution >= 0.6 is 0 Å². The average Bonchev–Trinajstić information content (AvgIpc) is 3.48. The molecule has 3 heterocycles. The van der Waals surface area contributed by atoms with Crippen molar-refractivity contribution in [3.8, 4) is 11.4 Å². The van der Waals surface area contributed by atoms with E-state index >= 15 is 0 Å². The van der Waals surface area contributed by atoms with E-state index in [0.717, 1.165) is 43.0 Å². The molecule has 2 aromatic heterocycles. The molecule has 35 heavy (non-hydrogen) atoms. The molecule has 2 N–H and O–H groups in total. The second-order valence-corrected chi connectivity index (χ2v) is 10.1. The highest BCUT2D eigenvalue weighted by molar-refractivity contribution is 7.89. The molecule has 9 nitrogen and oxygen atoms in total. The summed E-state index contributed by atoms with van der Waals surface area (Å²) in [7, 11) is -3.73. The maximum absolute atomic E-state index is 12.7. The lowest BCUT2D eigenvalue weighted by molar-refractivity contribution is 0.102. The number of aromatic nitrogens is 3. The summed E-state index contributed by atoms with van der Waals surface area (Å²) in [5, 5.41) is 11.6. The minimum atomic E-state index is -3.73. The van der Waals surface area contributed by atoms with Crippen LogP contribution in [0, 0.1) is 0 Å². The molecule has 5 rings (SSSR count). The Bertz CT molecular complexity index is 1410. The van der Waals surface area contributed by atoms with Gasteiger partial charge >= 0.3 is 0 Å². The monoisotopic (exact) mass is 491 g/mol. The Morgan fingerprint density at radius 1 is 0.971 bits per heavy atom. The number of nitrogens with zero attached hydrogens (tertiary/aromatic N) is 3. The van der Waals surface area contributed by atoms with E-state index < -0.39 is 10.0 Å². The smallest absolute Gasteiger partial charge is 0.255 e. The number of furan rings is 1. The van der Waals surface area contributed by atoms with Gasteiger partial charge in [0.15, 0.2) is 5.82 Å². The fraction of sp³-hybridized carbons (Fsp3) is 0.240. The third-order valence-electron chi connectivity index (χ3n) is 5.95. The summed E-state index contributed by atoms with van der Waals surface area (Å²) in [6.45, 7) is 0.964. The van der Waals surface area contributed by atoms with Crippen molar-refractivity contribution in [2.24, 2.45) is 0 Å². The Labute approximate surface area is 203 Å². The normalized spacial score (nSPS) is 13.7. The van der Waals surface area contributed by atoms with Crippen molar-refractivity contribution in [2.75, 3.05) is 5.32 Å². The third kappa shape index (κ3) is 5.18. The molecule has 1 amide bonds. The van der Waals surface area contributed by atoms with Crippen molar-refractivity contribution >= 4 is 21.6 Å². The fourth-order valence-corrected chi connectivity index (χ4v) is 5.05. The van der Waals surface area contributed by atoms with Crippen molar-refractivity contribution in [3.05, 3.63) is 84.1 Å². The van der Waals surface area contributed by atoms with Gasteiger partial charge in [0.25, 0.3) is 5.91 Å². The summed E-state index contributed by atoms with van der Waals surface area (Å²) in [6, 6.07) is 16.6. The fourth-order valence-electron chi connectivity index (χ4n) is 4.05. The molecule has 0 radical (unpaired) electrons. The van der Waals surface area contributed by atoms with Gasteiger partial charge in [-0.1, -0.05) is 6.42 Å². The van der Waals surface area contributed by atoms with Crippen molar-refractivity contribution in [1.82, 2.24) is 19.5 Å². The summed E-state index contributed by atoms with van der Waals surface area (Å²) in [6.07, 6.45) is 5.88. The highest BCUT2D eigenvalue weighted by Crippen LogP contribution is 2.24. The van der Waals surface area contributed by atoms with Crippen LogP contribution in [0.25, 0.3) is 11.4 Å². The summed E-state index contributed by atoms with van der Waals surface area (Å²) >= 11 is 0. The highest BCUT2D eigenvalue weighted by Gasteiger charge is 2.17. The number of rotatable bonds is 7. The Kier molecular flexibility index (Phi) is 6.47. The molecule has 1 aliphatic heterocycles. The number of nitrogens with one attached hydrogen (secondary N) is 2. The van der Waals surface area contributed by atoms with Gasteiger partial charge in [-0.15, -0.1) is 10.2 Å². The molecule has 0 fully saturated rings. The molecule has 0 saturated carbocycles. The van der Waals surface area contributed by atoms with E-state index in [9.17, 15) is 13.2 Å². The molecule has 2 aromatic carbocycles. The second-order valence-electron chi connectivity index (χ2n) is 8.36. The molecule has 4 aromatic rings. The lowest BCUT2D eigenvalue weighted by atomic mass is 10.1. The van der Waals surface area contributed by atoms with Crippen LogP contribution in [-0.4, -0.2) is 29.1 Å². The number of anilines is 1. The molecule has 0 bridgehead atoms. The van der Waals surface area contributed by atoms with Crippen LogP contribution in [0.1, 0.15) is 41.2 Å². The first-order valence-electron chi connectivity index (χ1n) is 11.5. The second kappa shape index (κ2) is 9.85. The first-order chi connectivity index (χ1) is 17.0. The predicted octanol–water partition coefficient (Wildman–Crippen LogP) is 4.00. The van der Waals surface area contributed by atoms with Crippen LogP contribution < -0.4 is 10.0 Å². The minimum Gasteiger partial charge on any atom is -0.468 e. The zero-order chi connectivity index (χ0) is 24.3. The SMILES string of the molecule is O=C(Nc1ccc(-c2nnc3n2CCCCC3)cc1)c1ccc(S(=O)(=O)NCc2ccco2)cc1. The standard InChI is InChI=1S/C25H25N5O4S/c31-25(19-9-13-22(14-10-19)35(32,33)26-17-21-5-4-16-34-21)27-20-11-7-18(8-12-20)24-29-28-23-6-2-1-3-15-30(23)24/h4-5,7-14,16,26H,1-3,6,15,17H2,(H,27,31). The quantitative estimate of drug-likeness (QED) is 0.403. The van der Waals surface area contributed by atoms with Gasteiger partial charge in [-0.25, -0.2) is 13.1 Å². The molecule has 0 unspecified atom stereocenters. The summed E-state index contributed by atoms with van der Waals surface area (Å²) in [5.41, 5.74) is 1.92. The first-order valence-corrected chi connectivity index (χ1v) is 12.9. The number of hydrogen-bond donors (Lipinski definition) is 2. The van der Waals surface area contributed by atoms with E-state index in [1.807, 2.05) is 24.3 Å². The Morgan fingerprint density at radius 2 is 1.77 bits per heavy atom. The predicted molar refractivity (Wildman–Crippen MR) is 130 cm³/mol. The molecule has 10 heteroatoms. The number of sulfonamides is 1. The van der Waals surface area contributed by atoms with Crippen molar-refractivity contribution in [2.45, 2.75) is 43.7 Å². The molecule has 0 saturated heterocycles. The van der Waals surface area contributed by atoms with Crippen molar-refractivity contribution < 1.29 is 17.6 Å². The van der Waals surface area contributed by atoms with E-state index in [2.05, 4.69) is 24.8 Å². The van der Waals surface area contributed by atoms with E-state index in [0.29, 0.717) is 17.0 Å². The highest BCUT2D eigenvalue weighted by atomic mass is 32.2. The molecule has 180 valence electrons. The number of hydrogen-bond acceptors (Lipinski definition) is 6. The lowest BCUT2D eigenvalue weighted by Crippen LogP contribution is -2.23. The van der Waals surface area contributed by atoms with E-state index in [-0.39, 0.29) is 17.3 Å². The summed E-state index contributed by atoms with van der Waals surface area (Å²) in [5.74, 6) is 2.05. The van der Waals surface area contributed by atoms with E-state index in [1.54, 1.807) is 12.1 Å². The molecular weight excluding hydrogens is 466 g/mol. The van der Waals surface area contributed by atoms with Crippen molar-refractivity contribution in [1.29, 1.82) is 0 Å². The number of benzene rings is 2. The summed E-state index contributed by atoms with van der Waals surface area (Å²) in [4.78, 5) is 12.8. The van der Waals surface area contributed by atoms with Gasteiger partial charge in [0.1, 0.15) is 11.6 Å². The maximum atomic E-state index is 12.7. The largest absolute Gasteiger partial charge is 0.468 e. The van der Waals surface area contributed by atoms with E-state index in [4.69, 9.17) is 4.42 Å². The van der Waals surface area contributed by atoms with Crippen LogP contribution in [0.3, 0.4) is 0 Å². The molecule has 0 atom stereocenters. The lowest BCUT2D eigenvalue weighted by Gasteiger charge is -2.09. The Morgan fingerprint density at radius 3 is 2.51 bits per heavy atom. The molecule has 0 aliphatic carbocycles. The number of amides is 1. The van der Waals surface area contributed by atoms with Gasteiger partial charge in [-0.05, 0) is 73.5 Å². The minimum absolute atomic E-state index is 0.0468. The zero-order valence-electron chi connectivity index (χ0n) is 19.0.